The van der Waals surface area contributed by atoms with E-state index in [1.807, 2.05) is 0 Å². The van der Waals surface area contributed by atoms with Gasteiger partial charge in [0.05, 0.1) is 24.8 Å². The van der Waals surface area contributed by atoms with Gasteiger partial charge in [-0.15, -0.1) is 0 Å². The Morgan fingerprint density at radius 2 is 2.20 bits per heavy atom. The van der Waals surface area contributed by atoms with Crippen molar-refractivity contribution in [3.63, 3.8) is 0 Å². The van der Waals surface area contributed by atoms with Crippen LogP contribution in [0.3, 0.4) is 0 Å². The van der Waals surface area contributed by atoms with Gasteiger partial charge >= 0.3 is 5.97 Å². The van der Waals surface area contributed by atoms with Crippen LogP contribution in [0.5, 0.6) is 0 Å². The second-order valence-corrected chi connectivity index (χ2v) is 6.52. The molecule has 1 heterocycles. The lowest BCUT2D eigenvalue weighted by atomic mass is 10.1. The van der Waals surface area contributed by atoms with Crippen molar-refractivity contribution in [3.05, 3.63) is 12.4 Å². The minimum absolute atomic E-state index is 0.0604. The zero-order valence-corrected chi connectivity index (χ0v) is 12.2. The molecule has 0 fully saturated rings. The second kappa shape index (κ2) is 6.33. The molecule has 0 aromatic carbocycles. The van der Waals surface area contributed by atoms with Gasteiger partial charge in [0.25, 0.3) is 0 Å². The Bertz CT molecular complexity index is 564. The number of rotatable bonds is 8. The summed E-state index contributed by atoms with van der Waals surface area (Å²) in [5, 5.41) is 22.1. The third-order valence-corrected chi connectivity index (χ3v) is 4.24. The number of carboxylic acid groups (broad SMARTS) is 1. The smallest absolute Gasteiger partial charge is 0.305 e. The van der Waals surface area contributed by atoms with E-state index in [1.54, 1.807) is 6.92 Å². The van der Waals surface area contributed by atoms with Crippen molar-refractivity contribution in [1.29, 1.82) is 0 Å². The molecule has 8 nitrogen and oxygen atoms in total. The average molecular weight is 305 g/mol. The first kappa shape index (κ1) is 16.6. The molecule has 0 bridgehead atoms. The zero-order valence-electron chi connectivity index (χ0n) is 11.4. The van der Waals surface area contributed by atoms with Crippen molar-refractivity contribution in [1.82, 2.24) is 14.5 Å². The molecule has 114 valence electrons. The molecule has 0 spiro atoms. The fourth-order valence-corrected chi connectivity index (χ4v) is 2.39. The van der Waals surface area contributed by atoms with Crippen molar-refractivity contribution in [2.45, 2.75) is 43.7 Å². The summed E-state index contributed by atoms with van der Waals surface area (Å²) in [4.78, 5) is 10.4. The van der Waals surface area contributed by atoms with Gasteiger partial charge in [0.2, 0.25) is 10.0 Å². The van der Waals surface area contributed by atoms with Crippen LogP contribution in [0, 0.1) is 0 Å². The van der Waals surface area contributed by atoms with Crippen LogP contribution in [-0.4, -0.2) is 46.5 Å². The fourth-order valence-electron chi connectivity index (χ4n) is 1.27. The van der Waals surface area contributed by atoms with Gasteiger partial charge in [0.1, 0.15) is 4.90 Å². The standard InChI is InChI=1S/C11H19N3O5S/c1-3-11(2,17)8-13-20(18,19)9-6-12-14(7-9)5-4-10(15)16/h6-7,13,17H,3-5,8H2,1-2H3,(H,15,16). The molecule has 1 aromatic heterocycles. The van der Waals surface area contributed by atoms with E-state index in [9.17, 15) is 18.3 Å². The lowest BCUT2D eigenvalue weighted by Gasteiger charge is -2.21. The highest BCUT2D eigenvalue weighted by Gasteiger charge is 2.23. The molecule has 0 aliphatic carbocycles. The monoisotopic (exact) mass is 305 g/mol. The molecule has 9 heteroatoms. The molecule has 1 atom stereocenters. The van der Waals surface area contributed by atoms with Gasteiger partial charge in [0, 0.05) is 12.7 Å². The summed E-state index contributed by atoms with van der Waals surface area (Å²) in [7, 11) is -3.76. The van der Waals surface area contributed by atoms with E-state index in [2.05, 4.69) is 9.82 Å². The van der Waals surface area contributed by atoms with E-state index in [0.717, 1.165) is 6.20 Å². The highest BCUT2D eigenvalue weighted by molar-refractivity contribution is 7.89. The molecule has 1 aromatic rings. The van der Waals surface area contributed by atoms with Gasteiger partial charge in [-0.2, -0.15) is 5.10 Å². The lowest BCUT2D eigenvalue weighted by Crippen LogP contribution is -2.39. The maximum absolute atomic E-state index is 12.0. The Kier molecular flexibility index (Phi) is 5.26. The van der Waals surface area contributed by atoms with Crippen LogP contribution < -0.4 is 4.72 Å². The molecule has 1 rings (SSSR count). The van der Waals surface area contributed by atoms with Crippen LogP contribution in [0.4, 0.5) is 0 Å². The number of aryl methyl sites for hydroxylation is 1. The predicted molar refractivity (Wildman–Crippen MR) is 70.6 cm³/mol. The van der Waals surface area contributed by atoms with Gasteiger partial charge in [-0.1, -0.05) is 6.92 Å². The Labute approximate surface area is 117 Å². The maximum Gasteiger partial charge on any atom is 0.305 e. The van der Waals surface area contributed by atoms with E-state index in [1.165, 1.54) is 17.8 Å². The third kappa shape index (κ3) is 4.91. The number of hydrogen-bond acceptors (Lipinski definition) is 5. The van der Waals surface area contributed by atoms with Crippen molar-refractivity contribution < 1.29 is 23.4 Å². The number of nitrogens with zero attached hydrogens (tertiary/aromatic N) is 2. The molecule has 0 amide bonds. The second-order valence-electron chi connectivity index (χ2n) is 4.76. The summed E-state index contributed by atoms with van der Waals surface area (Å²) < 4.78 is 27.5. The number of aliphatic hydroxyl groups is 1. The van der Waals surface area contributed by atoms with E-state index in [4.69, 9.17) is 5.11 Å². The fraction of sp³-hybridized carbons (Fsp3) is 0.636. The highest BCUT2D eigenvalue weighted by Crippen LogP contribution is 2.11. The first-order chi connectivity index (χ1) is 9.16. The Hall–Kier alpha value is -1.45. The number of hydrogen-bond donors (Lipinski definition) is 3. The summed E-state index contributed by atoms with van der Waals surface area (Å²) in [6.45, 7) is 3.27. The van der Waals surface area contributed by atoms with Crippen LogP contribution in [0.25, 0.3) is 0 Å². The number of sulfonamides is 1. The summed E-state index contributed by atoms with van der Waals surface area (Å²) >= 11 is 0. The van der Waals surface area contributed by atoms with Crippen molar-refractivity contribution >= 4 is 16.0 Å². The number of carboxylic acids is 1. The molecule has 20 heavy (non-hydrogen) atoms. The van der Waals surface area contributed by atoms with Gasteiger partial charge in [-0.05, 0) is 13.3 Å². The molecule has 0 saturated carbocycles. The van der Waals surface area contributed by atoms with Crippen LogP contribution in [0.15, 0.2) is 17.3 Å². The summed E-state index contributed by atoms with van der Waals surface area (Å²) in [6.07, 6.45) is 2.67. The summed E-state index contributed by atoms with van der Waals surface area (Å²) in [5.74, 6) is -0.984. The Morgan fingerprint density at radius 1 is 1.55 bits per heavy atom. The zero-order chi connectivity index (χ0) is 15.4. The first-order valence-corrected chi connectivity index (χ1v) is 7.61. The number of aliphatic carboxylic acids is 1. The van der Waals surface area contributed by atoms with Crippen LogP contribution in [0.2, 0.25) is 0 Å². The SMILES string of the molecule is CCC(C)(O)CNS(=O)(=O)c1cnn(CCC(=O)O)c1. The van der Waals surface area contributed by atoms with E-state index in [0.29, 0.717) is 6.42 Å². The Balaban J connectivity index is 2.71. The molecule has 0 aliphatic heterocycles. The maximum atomic E-state index is 12.0. The molecule has 0 saturated heterocycles. The van der Waals surface area contributed by atoms with Crippen molar-refractivity contribution in [2.75, 3.05) is 6.54 Å². The number of aromatic nitrogens is 2. The number of nitrogens with one attached hydrogen (secondary N) is 1. The van der Waals surface area contributed by atoms with Crippen molar-refractivity contribution in [2.24, 2.45) is 0 Å². The molecule has 0 radical (unpaired) electrons. The third-order valence-electron chi connectivity index (χ3n) is 2.88. The van der Waals surface area contributed by atoms with Crippen LogP contribution in [-0.2, 0) is 21.4 Å². The molecule has 3 N–H and O–H groups in total. The number of carbonyl (C=O) groups is 1. The average Bonchev–Trinajstić information content (AvgIpc) is 2.84. The van der Waals surface area contributed by atoms with Crippen molar-refractivity contribution in [3.8, 4) is 0 Å². The lowest BCUT2D eigenvalue weighted by molar-refractivity contribution is -0.137. The van der Waals surface area contributed by atoms with Crippen LogP contribution >= 0.6 is 0 Å². The van der Waals surface area contributed by atoms with Crippen LogP contribution in [0.1, 0.15) is 26.7 Å². The van der Waals surface area contributed by atoms with Gasteiger partial charge in [-0.3, -0.25) is 9.48 Å². The molecule has 1 unspecified atom stereocenters. The molecular weight excluding hydrogens is 286 g/mol. The predicted octanol–water partition coefficient (Wildman–Crippen LogP) is -0.203. The van der Waals surface area contributed by atoms with E-state index >= 15 is 0 Å². The largest absolute Gasteiger partial charge is 0.481 e. The topological polar surface area (TPSA) is 122 Å². The Morgan fingerprint density at radius 3 is 2.75 bits per heavy atom. The summed E-state index contributed by atoms with van der Waals surface area (Å²) in [6, 6.07) is 0. The normalized spacial score (nSPS) is 14.9. The summed E-state index contributed by atoms with van der Waals surface area (Å²) in [5.41, 5.74) is -1.12. The highest BCUT2D eigenvalue weighted by atomic mass is 32.2. The minimum atomic E-state index is -3.76. The van der Waals surface area contributed by atoms with Gasteiger partial charge in [0.15, 0.2) is 0 Å². The van der Waals surface area contributed by atoms with Gasteiger partial charge in [-0.25, -0.2) is 13.1 Å². The van der Waals surface area contributed by atoms with E-state index in [-0.39, 0.29) is 24.4 Å². The quantitative estimate of drug-likeness (QED) is 0.611. The first-order valence-electron chi connectivity index (χ1n) is 6.12. The molecule has 0 aliphatic rings. The molecular formula is C11H19N3O5S. The van der Waals surface area contributed by atoms with Gasteiger partial charge < -0.3 is 10.2 Å². The van der Waals surface area contributed by atoms with E-state index < -0.39 is 21.6 Å². The minimum Gasteiger partial charge on any atom is -0.481 e.